The molecule has 0 radical (unpaired) electrons. The average Bonchev–Trinajstić information content (AvgIpc) is 2.50. The highest BCUT2D eigenvalue weighted by molar-refractivity contribution is 7.15. The number of amides is 1. The molecule has 5 heteroatoms. The van der Waals surface area contributed by atoms with Crippen molar-refractivity contribution in [1.82, 2.24) is 4.98 Å². The number of nitrogens with two attached hydrogens (primary N) is 1. The molecule has 0 aliphatic heterocycles. The fourth-order valence-corrected chi connectivity index (χ4v) is 1.48. The maximum Gasteiger partial charge on any atom is 0.225 e. The van der Waals surface area contributed by atoms with E-state index in [9.17, 15) is 4.79 Å². The lowest BCUT2D eigenvalue weighted by atomic mass is 10.6. The predicted octanol–water partition coefficient (Wildman–Crippen LogP) is 0.585. The van der Waals surface area contributed by atoms with Gasteiger partial charge < -0.3 is 5.73 Å². The van der Waals surface area contributed by atoms with Gasteiger partial charge in [0.05, 0.1) is 0 Å². The van der Waals surface area contributed by atoms with Gasteiger partial charge >= 0.3 is 0 Å². The van der Waals surface area contributed by atoms with Gasteiger partial charge in [-0.15, -0.1) is 11.3 Å². The van der Waals surface area contributed by atoms with E-state index >= 15 is 0 Å². The van der Waals surface area contributed by atoms with E-state index in [1.807, 2.05) is 0 Å². The topological polar surface area (TPSA) is 59.2 Å². The quantitative estimate of drug-likeness (QED) is 0.733. The van der Waals surface area contributed by atoms with Crippen molar-refractivity contribution in [2.24, 2.45) is 5.73 Å². The van der Waals surface area contributed by atoms with E-state index < -0.39 is 0 Å². The fraction of sp³-hybridized carbons (Fsp3) is 0.429. The summed E-state index contributed by atoms with van der Waals surface area (Å²) < 4.78 is 0. The maximum atomic E-state index is 10.9. The number of anilines is 1. The van der Waals surface area contributed by atoms with E-state index in [-0.39, 0.29) is 5.91 Å². The Morgan fingerprint density at radius 2 is 2.50 bits per heavy atom. The smallest absolute Gasteiger partial charge is 0.225 e. The predicted molar refractivity (Wildman–Crippen MR) is 49.1 cm³/mol. The Labute approximate surface area is 75.0 Å². The normalized spacial score (nSPS) is 9.92. The van der Waals surface area contributed by atoms with Gasteiger partial charge in [0, 0.05) is 31.6 Å². The first-order chi connectivity index (χ1) is 5.65. The number of nitrogens with zero attached hydrogens (tertiary/aromatic N) is 2. The van der Waals surface area contributed by atoms with Crippen LogP contribution in [0.15, 0.2) is 6.20 Å². The summed E-state index contributed by atoms with van der Waals surface area (Å²) in [6, 6.07) is 0. The van der Waals surface area contributed by atoms with Crippen LogP contribution in [0.3, 0.4) is 0 Å². The van der Waals surface area contributed by atoms with Crippen LogP contribution in [0.25, 0.3) is 0 Å². The van der Waals surface area contributed by atoms with Crippen LogP contribution >= 0.6 is 11.3 Å². The van der Waals surface area contributed by atoms with Gasteiger partial charge in [-0.2, -0.15) is 0 Å². The molecular formula is C7H11N3OS. The second-order valence-electron chi connectivity index (χ2n) is 2.39. The van der Waals surface area contributed by atoms with Crippen molar-refractivity contribution in [3.05, 3.63) is 11.1 Å². The Balaban J connectivity index is 2.81. The Bertz CT molecular complexity index is 284. The molecule has 0 spiro atoms. The Morgan fingerprint density at radius 3 is 2.92 bits per heavy atom. The van der Waals surface area contributed by atoms with Crippen LogP contribution < -0.4 is 10.6 Å². The molecule has 0 unspecified atom stereocenters. The molecule has 2 N–H and O–H groups in total. The van der Waals surface area contributed by atoms with Gasteiger partial charge in [-0.05, 0) is 0 Å². The number of carbonyl (C=O) groups is 1. The third-order valence-electron chi connectivity index (χ3n) is 1.50. The highest BCUT2D eigenvalue weighted by Crippen LogP contribution is 2.20. The summed E-state index contributed by atoms with van der Waals surface area (Å²) in [4.78, 5) is 17.4. The van der Waals surface area contributed by atoms with Crippen molar-refractivity contribution in [3.8, 4) is 0 Å². The van der Waals surface area contributed by atoms with E-state index in [2.05, 4.69) is 4.98 Å². The van der Waals surface area contributed by atoms with Crippen molar-refractivity contribution in [1.29, 1.82) is 0 Å². The second-order valence-corrected chi connectivity index (χ2v) is 3.48. The number of aromatic nitrogens is 1. The molecule has 1 heterocycles. The zero-order valence-electron chi connectivity index (χ0n) is 7.07. The number of rotatable bonds is 2. The molecule has 0 saturated heterocycles. The molecule has 66 valence electrons. The Morgan fingerprint density at radius 1 is 1.83 bits per heavy atom. The second kappa shape index (κ2) is 3.64. The largest absolute Gasteiger partial charge is 0.326 e. The lowest BCUT2D eigenvalue weighted by Gasteiger charge is -2.09. The molecule has 0 atom stereocenters. The van der Waals surface area contributed by atoms with Crippen LogP contribution in [0.2, 0.25) is 0 Å². The molecule has 0 aliphatic carbocycles. The van der Waals surface area contributed by atoms with Gasteiger partial charge in [-0.25, -0.2) is 4.98 Å². The number of thiazole rings is 1. The van der Waals surface area contributed by atoms with E-state index in [1.54, 1.807) is 13.2 Å². The third kappa shape index (κ3) is 1.80. The van der Waals surface area contributed by atoms with Gasteiger partial charge in [0.1, 0.15) is 0 Å². The molecule has 0 aromatic carbocycles. The first-order valence-corrected chi connectivity index (χ1v) is 4.36. The molecule has 4 nitrogen and oxygen atoms in total. The molecule has 1 amide bonds. The first kappa shape index (κ1) is 9.15. The Kier molecular flexibility index (Phi) is 2.78. The zero-order valence-corrected chi connectivity index (χ0v) is 7.89. The van der Waals surface area contributed by atoms with Crippen molar-refractivity contribution in [2.45, 2.75) is 13.5 Å². The van der Waals surface area contributed by atoms with Crippen LogP contribution in [0.1, 0.15) is 11.8 Å². The van der Waals surface area contributed by atoms with Gasteiger partial charge in [0.25, 0.3) is 0 Å². The van der Waals surface area contributed by atoms with E-state index in [4.69, 9.17) is 5.73 Å². The van der Waals surface area contributed by atoms with Gasteiger partial charge in [-0.1, -0.05) is 0 Å². The van der Waals surface area contributed by atoms with Crippen LogP contribution in [0.4, 0.5) is 5.13 Å². The summed E-state index contributed by atoms with van der Waals surface area (Å²) in [5.41, 5.74) is 5.41. The van der Waals surface area contributed by atoms with E-state index in [0.717, 1.165) is 4.88 Å². The van der Waals surface area contributed by atoms with Crippen molar-refractivity contribution < 1.29 is 4.79 Å². The van der Waals surface area contributed by atoms with Crippen molar-refractivity contribution >= 4 is 22.4 Å². The number of carbonyl (C=O) groups excluding carboxylic acids is 1. The summed E-state index contributed by atoms with van der Waals surface area (Å²) in [6.45, 7) is 1.98. The molecule has 0 saturated carbocycles. The standard InChI is InChI=1S/C7H11N3OS/c1-5(11)10(2)7-9-4-6(3-8)12-7/h4H,3,8H2,1-2H3. The lowest BCUT2D eigenvalue weighted by Crippen LogP contribution is -2.22. The van der Waals surface area contributed by atoms with Gasteiger partial charge in [0.2, 0.25) is 5.91 Å². The van der Waals surface area contributed by atoms with Crippen LogP contribution in [-0.4, -0.2) is 17.9 Å². The SMILES string of the molecule is CC(=O)N(C)c1ncc(CN)s1. The van der Waals surface area contributed by atoms with Crippen molar-refractivity contribution in [3.63, 3.8) is 0 Å². The Hall–Kier alpha value is -0.940. The van der Waals surface area contributed by atoms with Crippen LogP contribution in [0, 0.1) is 0 Å². The van der Waals surface area contributed by atoms with Crippen LogP contribution in [-0.2, 0) is 11.3 Å². The highest BCUT2D eigenvalue weighted by atomic mass is 32.1. The zero-order chi connectivity index (χ0) is 9.14. The van der Waals surface area contributed by atoms with Crippen LogP contribution in [0.5, 0.6) is 0 Å². The maximum absolute atomic E-state index is 10.9. The van der Waals surface area contributed by atoms with E-state index in [0.29, 0.717) is 11.7 Å². The monoisotopic (exact) mass is 185 g/mol. The molecule has 1 rings (SSSR count). The summed E-state index contributed by atoms with van der Waals surface area (Å²) in [6.07, 6.45) is 1.69. The third-order valence-corrected chi connectivity index (χ3v) is 2.60. The molecular weight excluding hydrogens is 174 g/mol. The molecule has 0 bridgehead atoms. The molecule has 12 heavy (non-hydrogen) atoms. The van der Waals surface area contributed by atoms with Gasteiger partial charge in [-0.3, -0.25) is 9.69 Å². The minimum atomic E-state index is -0.0204. The first-order valence-electron chi connectivity index (χ1n) is 3.54. The van der Waals surface area contributed by atoms with E-state index in [1.165, 1.54) is 23.2 Å². The summed E-state index contributed by atoms with van der Waals surface area (Å²) in [5, 5.41) is 0.697. The minimum Gasteiger partial charge on any atom is -0.326 e. The molecule has 0 aliphatic rings. The summed E-state index contributed by atoms with van der Waals surface area (Å²) in [7, 11) is 1.70. The average molecular weight is 185 g/mol. The molecule has 1 aromatic heterocycles. The fourth-order valence-electron chi connectivity index (χ4n) is 0.681. The number of hydrogen-bond donors (Lipinski definition) is 1. The molecule has 0 fully saturated rings. The van der Waals surface area contributed by atoms with Gasteiger partial charge in [0.15, 0.2) is 5.13 Å². The van der Waals surface area contributed by atoms with Crippen molar-refractivity contribution in [2.75, 3.05) is 11.9 Å². The minimum absolute atomic E-state index is 0.0204. The summed E-state index contributed by atoms with van der Waals surface area (Å²) in [5.74, 6) is -0.0204. The lowest BCUT2D eigenvalue weighted by molar-refractivity contribution is -0.116. The molecule has 1 aromatic rings. The number of hydrogen-bond acceptors (Lipinski definition) is 4. The highest BCUT2D eigenvalue weighted by Gasteiger charge is 2.09. The summed E-state index contributed by atoms with van der Waals surface area (Å²) >= 11 is 1.44.